The Bertz CT molecular complexity index is 409. The fraction of sp³-hybridized carbons (Fsp3) is 0.600. The van der Waals surface area contributed by atoms with Gasteiger partial charge in [-0.25, -0.2) is 0 Å². The molecular formula is C10H18N6O2. The predicted octanol–water partition coefficient (Wildman–Crippen LogP) is -0.188. The summed E-state index contributed by atoms with van der Waals surface area (Å²) in [7, 11) is 4.84. The number of amides is 1. The van der Waals surface area contributed by atoms with E-state index in [9.17, 15) is 4.79 Å². The van der Waals surface area contributed by atoms with Crippen LogP contribution in [0, 0.1) is 0 Å². The van der Waals surface area contributed by atoms with Gasteiger partial charge in [-0.2, -0.15) is 15.0 Å². The maximum atomic E-state index is 11.4. The highest BCUT2D eigenvalue weighted by Gasteiger charge is 2.08. The first-order chi connectivity index (χ1) is 8.56. The van der Waals surface area contributed by atoms with E-state index in [-0.39, 0.29) is 18.5 Å². The smallest absolute Gasteiger partial charge is 0.322 e. The van der Waals surface area contributed by atoms with Crippen molar-refractivity contribution in [3.05, 3.63) is 0 Å². The van der Waals surface area contributed by atoms with Crippen LogP contribution in [0.3, 0.4) is 0 Å². The molecule has 100 valence electrons. The third kappa shape index (κ3) is 4.04. The van der Waals surface area contributed by atoms with Gasteiger partial charge in [-0.3, -0.25) is 4.79 Å². The molecule has 1 heterocycles. The number of aromatic nitrogens is 3. The summed E-state index contributed by atoms with van der Waals surface area (Å²) >= 11 is 0. The van der Waals surface area contributed by atoms with E-state index in [2.05, 4.69) is 25.6 Å². The molecule has 0 aliphatic carbocycles. The number of methoxy groups -OCH3 is 1. The lowest BCUT2D eigenvalue weighted by molar-refractivity contribution is -0.126. The summed E-state index contributed by atoms with van der Waals surface area (Å²) in [5.74, 6) is 0.636. The molecule has 1 rings (SSSR count). The van der Waals surface area contributed by atoms with Crippen molar-refractivity contribution in [3.63, 3.8) is 0 Å². The number of carbonyl (C=O) groups is 1. The Balaban J connectivity index is 2.75. The minimum Gasteiger partial charge on any atom is -0.467 e. The summed E-state index contributed by atoms with van der Waals surface area (Å²) in [6.07, 6.45) is 0. The van der Waals surface area contributed by atoms with Crippen molar-refractivity contribution in [2.45, 2.75) is 6.92 Å². The number of nitrogens with zero attached hydrogens (tertiary/aromatic N) is 4. The van der Waals surface area contributed by atoms with Gasteiger partial charge >= 0.3 is 6.01 Å². The molecule has 0 radical (unpaired) electrons. The molecule has 0 saturated heterocycles. The van der Waals surface area contributed by atoms with E-state index in [1.165, 1.54) is 12.0 Å². The normalized spacial score (nSPS) is 9.78. The summed E-state index contributed by atoms with van der Waals surface area (Å²) in [5, 5.41) is 5.78. The lowest BCUT2D eigenvalue weighted by Gasteiger charge is -2.11. The average Bonchev–Trinajstić information content (AvgIpc) is 2.35. The molecule has 8 heteroatoms. The summed E-state index contributed by atoms with van der Waals surface area (Å²) in [4.78, 5) is 25.0. The molecule has 0 aliphatic heterocycles. The second-order valence-electron chi connectivity index (χ2n) is 3.64. The van der Waals surface area contributed by atoms with Gasteiger partial charge in [-0.15, -0.1) is 0 Å². The van der Waals surface area contributed by atoms with E-state index in [1.54, 1.807) is 14.1 Å². The molecule has 8 nitrogen and oxygen atoms in total. The van der Waals surface area contributed by atoms with E-state index in [0.29, 0.717) is 18.4 Å². The van der Waals surface area contributed by atoms with Crippen molar-refractivity contribution in [1.82, 2.24) is 19.9 Å². The van der Waals surface area contributed by atoms with Crippen molar-refractivity contribution in [2.75, 3.05) is 44.9 Å². The van der Waals surface area contributed by atoms with Gasteiger partial charge in [0.2, 0.25) is 17.8 Å². The van der Waals surface area contributed by atoms with E-state index < -0.39 is 0 Å². The Labute approximate surface area is 106 Å². The molecule has 1 aromatic heterocycles. The lowest BCUT2D eigenvalue weighted by Crippen LogP contribution is -2.29. The van der Waals surface area contributed by atoms with Gasteiger partial charge in [-0.05, 0) is 6.92 Å². The number of ether oxygens (including phenoxy) is 1. The van der Waals surface area contributed by atoms with Gasteiger partial charge in [0.15, 0.2) is 0 Å². The van der Waals surface area contributed by atoms with E-state index in [1.807, 2.05) is 6.92 Å². The van der Waals surface area contributed by atoms with Crippen LogP contribution in [0.25, 0.3) is 0 Å². The van der Waals surface area contributed by atoms with Crippen LogP contribution >= 0.6 is 0 Å². The van der Waals surface area contributed by atoms with Crippen LogP contribution in [-0.2, 0) is 4.79 Å². The van der Waals surface area contributed by atoms with Crippen molar-refractivity contribution >= 4 is 17.8 Å². The Hall–Kier alpha value is -2.12. The molecule has 0 fully saturated rings. The maximum absolute atomic E-state index is 11.4. The lowest BCUT2D eigenvalue weighted by atomic mass is 10.5. The zero-order chi connectivity index (χ0) is 13.5. The van der Waals surface area contributed by atoms with Crippen LogP contribution in [0.15, 0.2) is 0 Å². The molecule has 1 amide bonds. The highest BCUT2D eigenvalue weighted by molar-refractivity contribution is 5.79. The molecule has 0 aliphatic rings. The molecule has 0 saturated carbocycles. The van der Waals surface area contributed by atoms with Crippen LogP contribution in [-0.4, -0.2) is 60.1 Å². The predicted molar refractivity (Wildman–Crippen MR) is 67.7 cm³/mol. The minimum absolute atomic E-state index is 0.0700. The van der Waals surface area contributed by atoms with Crippen LogP contribution < -0.4 is 15.4 Å². The first kappa shape index (κ1) is 13.9. The van der Waals surface area contributed by atoms with E-state index in [0.717, 1.165) is 0 Å². The first-order valence-corrected chi connectivity index (χ1v) is 5.54. The summed E-state index contributed by atoms with van der Waals surface area (Å²) in [6, 6.07) is 0.195. The molecule has 1 aromatic rings. The highest BCUT2D eigenvalue weighted by Crippen LogP contribution is 2.10. The second-order valence-corrected chi connectivity index (χ2v) is 3.64. The molecule has 2 N–H and O–H groups in total. The summed E-state index contributed by atoms with van der Waals surface area (Å²) in [6.45, 7) is 2.73. The Morgan fingerprint density at radius 1 is 1.22 bits per heavy atom. The third-order valence-electron chi connectivity index (χ3n) is 2.03. The monoisotopic (exact) mass is 254 g/mol. The molecular weight excluding hydrogens is 236 g/mol. The molecule has 0 bridgehead atoms. The number of anilines is 2. The van der Waals surface area contributed by atoms with Gasteiger partial charge in [-0.1, -0.05) is 0 Å². The van der Waals surface area contributed by atoms with Crippen molar-refractivity contribution < 1.29 is 9.53 Å². The van der Waals surface area contributed by atoms with Gasteiger partial charge in [0.1, 0.15) is 0 Å². The van der Waals surface area contributed by atoms with Gasteiger partial charge in [0.05, 0.1) is 13.7 Å². The number of nitrogens with one attached hydrogen (secondary N) is 2. The molecule has 0 aromatic carbocycles. The largest absolute Gasteiger partial charge is 0.467 e. The Morgan fingerprint density at radius 3 is 2.33 bits per heavy atom. The quantitative estimate of drug-likeness (QED) is 0.727. The number of hydrogen-bond donors (Lipinski definition) is 2. The minimum atomic E-state index is -0.0700. The topological polar surface area (TPSA) is 92.3 Å². The van der Waals surface area contributed by atoms with E-state index in [4.69, 9.17) is 4.74 Å². The zero-order valence-electron chi connectivity index (χ0n) is 11.0. The SMILES string of the molecule is CCNc1nc(NCC(=O)N(C)C)nc(OC)n1. The number of carbonyl (C=O) groups excluding carboxylic acids is 1. The third-order valence-corrected chi connectivity index (χ3v) is 2.03. The van der Waals surface area contributed by atoms with Crippen LogP contribution in [0.1, 0.15) is 6.92 Å². The highest BCUT2D eigenvalue weighted by atomic mass is 16.5. The zero-order valence-corrected chi connectivity index (χ0v) is 11.0. The van der Waals surface area contributed by atoms with Gasteiger partial charge in [0, 0.05) is 20.6 Å². The van der Waals surface area contributed by atoms with Crippen LogP contribution in [0.5, 0.6) is 6.01 Å². The molecule has 0 unspecified atom stereocenters. The fourth-order valence-electron chi connectivity index (χ4n) is 1.08. The number of hydrogen-bond acceptors (Lipinski definition) is 7. The molecule has 0 spiro atoms. The van der Waals surface area contributed by atoms with E-state index >= 15 is 0 Å². The van der Waals surface area contributed by atoms with Crippen molar-refractivity contribution in [2.24, 2.45) is 0 Å². The summed E-state index contributed by atoms with van der Waals surface area (Å²) < 4.78 is 4.96. The summed E-state index contributed by atoms with van der Waals surface area (Å²) in [5.41, 5.74) is 0. The van der Waals surface area contributed by atoms with Crippen LogP contribution in [0.4, 0.5) is 11.9 Å². The first-order valence-electron chi connectivity index (χ1n) is 5.54. The second kappa shape index (κ2) is 6.58. The Kier molecular flexibility index (Phi) is 5.09. The fourth-order valence-corrected chi connectivity index (χ4v) is 1.08. The average molecular weight is 254 g/mol. The molecule has 0 atom stereocenters. The van der Waals surface area contributed by atoms with Crippen molar-refractivity contribution in [1.29, 1.82) is 0 Å². The standard InChI is InChI=1S/C10H18N6O2/c1-5-11-8-13-9(15-10(14-8)18-4)12-6-7(17)16(2)3/h5-6H2,1-4H3,(H2,11,12,13,14,15). The van der Waals surface area contributed by atoms with Crippen molar-refractivity contribution in [3.8, 4) is 6.01 Å². The van der Waals surface area contributed by atoms with Gasteiger partial charge in [0.25, 0.3) is 0 Å². The number of rotatable bonds is 6. The Morgan fingerprint density at radius 2 is 1.83 bits per heavy atom. The van der Waals surface area contributed by atoms with Crippen LogP contribution in [0.2, 0.25) is 0 Å². The van der Waals surface area contributed by atoms with Gasteiger partial charge < -0.3 is 20.3 Å². The number of likely N-dealkylation sites (N-methyl/N-ethyl adjacent to an activating group) is 1. The molecule has 18 heavy (non-hydrogen) atoms. The maximum Gasteiger partial charge on any atom is 0.322 e.